The van der Waals surface area contributed by atoms with Crippen molar-refractivity contribution in [3.63, 3.8) is 0 Å². The summed E-state index contributed by atoms with van der Waals surface area (Å²) in [4.78, 5) is 23.7. The zero-order valence-electron chi connectivity index (χ0n) is 8.40. The Bertz CT molecular complexity index is 617. The van der Waals surface area contributed by atoms with Crippen LogP contribution in [0.2, 0.25) is 0 Å². The van der Waals surface area contributed by atoms with Gasteiger partial charge < -0.3 is 0 Å². The molecule has 0 saturated carbocycles. The highest BCUT2D eigenvalue weighted by Gasteiger charge is 2.24. The number of rotatable bonds is 2. The Balaban J connectivity index is 2.33. The number of carbonyl (C=O) groups excluding carboxylic acids is 2. The van der Waals surface area contributed by atoms with Gasteiger partial charge in [-0.25, -0.2) is 4.90 Å². The van der Waals surface area contributed by atoms with Crippen LogP contribution in [0.15, 0.2) is 40.8 Å². The molecule has 2 rings (SSSR count). The lowest BCUT2D eigenvalue weighted by Gasteiger charge is -2.13. The molecule has 17 heavy (non-hydrogen) atoms. The van der Waals surface area contributed by atoms with Gasteiger partial charge in [-0.1, -0.05) is 0 Å². The Morgan fingerprint density at radius 1 is 0.941 bits per heavy atom. The molecular formula is C10H6N2O4S. The Labute approximate surface area is 97.9 Å². The maximum absolute atomic E-state index is 11.3. The molecule has 86 valence electrons. The van der Waals surface area contributed by atoms with Crippen LogP contribution >= 0.6 is 0 Å². The molecule has 1 heterocycles. The van der Waals surface area contributed by atoms with E-state index in [1.54, 1.807) is 0 Å². The number of amides is 2. The van der Waals surface area contributed by atoms with E-state index in [0.29, 0.717) is 5.69 Å². The zero-order valence-corrected chi connectivity index (χ0v) is 9.22. The summed E-state index contributed by atoms with van der Waals surface area (Å²) in [5, 5.41) is 0. The summed E-state index contributed by atoms with van der Waals surface area (Å²) in [7, 11) is -2.52. The van der Waals surface area contributed by atoms with Crippen molar-refractivity contribution in [2.45, 2.75) is 0 Å². The third-order valence-electron chi connectivity index (χ3n) is 2.10. The van der Waals surface area contributed by atoms with Crippen molar-refractivity contribution in [3.8, 4) is 0 Å². The van der Waals surface area contributed by atoms with Crippen molar-refractivity contribution in [1.29, 1.82) is 0 Å². The van der Waals surface area contributed by atoms with E-state index >= 15 is 0 Å². The maximum Gasteiger partial charge on any atom is 0.316 e. The molecule has 0 spiro atoms. The van der Waals surface area contributed by atoms with Gasteiger partial charge in [-0.3, -0.25) is 9.59 Å². The van der Waals surface area contributed by atoms with Crippen LogP contribution in [0.5, 0.6) is 0 Å². The molecule has 0 aliphatic carbocycles. The summed E-state index contributed by atoms with van der Waals surface area (Å²) < 4.78 is 23.9. The number of nitrogens with zero attached hydrogens (tertiary/aromatic N) is 2. The van der Waals surface area contributed by atoms with Crippen LogP contribution in [0.1, 0.15) is 0 Å². The molecule has 0 unspecified atom stereocenters. The topological polar surface area (TPSA) is 83.9 Å². The number of anilines is 1. The summed E-state index contributed by atoms with van der Waals surface area (Å²) in [6.45, 7) is 0. The second kappa shape index (κ2) is 4.30. The molecule has 0 bridgehead atoms. The van der Waals surface area contributed by atoms with Crippen molar-refractivity contribution in [2.75, 3.05) is 4.90 Å². The van der Waals surface area contributed by atoms with E-state index in [1.165, 1.54) is 36.4 Å². The maximum atomic E-state index is 11.3. The molecule has 1 aromatic carbocycles. The lowest BCUT2D eigenvalue weighted by atomic mass is 10.2. The van der Waals surface area contributed by atoms with Gasteiger partial charge >= 0.3 is 10.5 Å². The summed E-state index contributed by atoms with van der Waals surface area (Å²) in [5.41, 5.74) is 0.606. The molecule has 1 aromatic rings. The van der Waals surface area contributed by atoms with Crippen molar-refractivity contribution < 1.29 is 18.0 Å². The van der Waals surface area contributed by atoms with Crippen LogP contribution in [0.4, 0.5) is 11.4 Å². The van der Waals surface area contributed by atoms with E-state index in [2.05, 4.69) is 4.36 Å². The van der Waals surface area contributed by atoms with Crippen LogP contribution in [-0.2, 0) is 20.1 Å². The summed E-state index contributed by atoms with van der Waals surface area (Å²) in [6.07, 6.45) is 2.35. The van der Waals surface area contributed by atoms with E-state index in [9.17, 15) is 18.0 Å². The van der Waals surface area contributed by atoms with Gasteiger partial charge in [0.2, 0.25) is 0 Å². The second-order valence-electron chi connectivity index (χ2n) is 3.17. The monoisotopic (exact) mass is 250 g/mol. The molecule has 0 aromatic heterocycles. The number of carbonyl (C=O) groups is 2. The molecule has 2 amide bonds. The molecule has 0 radical (unpaired) electrons. The van der Waals surface area contributed by atoms with E-state index in [4.69, 9.17) is 0 Å². The third-order valence-corrected chi connectivity index (χ3v) is 2.46. The highest BCUT2D eigenvalue weighted by atomic mass is 32.2. The van der Waals surface area contributed by atoms with Gasteiger partial charge in [0.05, 0.1) is 11.4 Å². The fraction of sp³-hybridized carbons (Fsp3) is 0. The first-order chi connectivity index (χ1) is 8.08. The third kappa shape index (κ3) is 2.28. The SMILES string of the molecule is O=C1C=CC(=O)N1c1ccc(N=S(=O)=O)cc1. The molecule has 0 N–H and O–H groups in total. The van der Waals surface area contributed by atoms with Gasteiger partial charge in [0.25, 0.3) is 11.8 Å². The second-order valence-corrected chi connectivity index (χ2v) is 3.79. The minimum Gasteiger partial charge on any atom is -0.269 e. The van der Waals surface area contributed by atoms with Gasteiger partial charge in [0, 0.05) is 12.2 Å². The zero-order chi connectivity index (χ0) is 12.4. The largest absolute Gasteiger partial charge is 0.316 e. The quantitative estimate of drug-likeness (QED) is 0.727. The van der Waals surface area contributed by atoms with E-state index in [-0.39, 0.29) is 5.69 Å². The lowest BCUT2D eigenvalue weighted by Crippen LogP contribution is -2.29. The van der Waals surface area contributed by atoms with Gasteiger partial charge in [0.1, 0.15) is 0 Å². The minimum absolute atomic E-state index is 0.231. The normalized spacial score (nSPS) is 14.2. The average molecular weight is 250 g/mol. The highest BCUT2D eigenvalue weighted by molar-refractivity contribution is 7.61. The molecule has 1 aliphatic rings. The minimum atomic E-state index is -2.52. The van der Waals surface area contributed by atoms with Gasteiger partial charge in [-0.2, -0.15) is 8.42 Å². The first-order valence-corrected chi connectivity index (χ1v) is 5.58. The fourth-order valence-electron chi connectivity index (χ4n) is 1.40. The van der Waals surface area contributed by atoms with Crippen molar-refractivity contribution in [1.82, 2.24) is 0 Å². The van der Waals surface area contributed by atoms with Gasteiger partial charge in [-0.05, 0) is 24.3 Å². The van der Waals surface area contributed by atoms with Crippen LogP contribution in [0.3, 0.4) is 0 Å². The molecule has 1 aliphatic heterocycles. The molecule has 0 atom stereocenters. The molecular weight excluding hydrogens is 244 g/mol. The van der Waals surface area contributed by atoms with Crippen LogP contribution in [-0.4, -0.2) is 20.2 Å². The van der Waals surface area contributed by atoms with Crippen molar-refractivity contribution >= 4 is 33.7 Å². The number of benzene rings is 1. The van der Waals surface area contributed by atoms with E-state index in [1.807, 2.05) is 0 Å². The molecule has 0 fully saturated rings. The predicted molar refractivity (Wildman–Crippen MR) is 59.1 cm³/mol. The van der Waals surface area contributed by atoms with E-state index < -0.39 is 22.3 Å². The summed E-state index contributed by atoms with van der Waals surface area (Å²) in [5.74, 6) is -0.848. The van der Waals surface area contributed by atoms with Crippen molar-refractivity contribution in [2.24, 2.45) is 4.36 Å². The lowest BCUT2D eigenvalue weighted by molar-refractivity contribution is -0.119. The van der Waals surface area contributed by atoms with Crippen LogP contribution in [0.25, 0.3) is 0 Å². The Morgan fingerprint density at radius 2 is 1.47 bits per heavy atom. The smallest absolute Gasteiger partial charge is 0.269 e. The Morgan fingerprint density at radius 3 is 1.94 bits per heavy atom. The number of imide groups is 1. The first kappa shape index (κ1) is 11.2. The standard InChI is InChI=1S/C10H6N2O4S/c13-9-5-6-10(14)12(9)8-3-1-7(2-4-8)11-17(15)16/h1-6H. The molecule has 6 nitrogen and oxygen atoms in total. The number of hydrogen-bond donors (Lipinski definition) is 0. The predicted octanol–water partition coefficient (Wildman–Crippen LogP) is 0.810. The Kier molecular flexibility index (Phi) is 2.84. The Hall–Kier alpha value is -2.28. The summed E-state index contributed by atoms with van der Waals surface area (Å²) >= 11 is 0. The van der Waals surface area contributed by atoms with Gasteiger partial charge in [0.15, 0.2) is 0 Å². The van der Waals surface area contributed by atoms with Gasteiger partial charge in [-0.15, -0.1) is 4.36 Å². The van der Waals surface area contributed by atoms with Crippen molar-refractivity contribution in [3.05, 3.63) is 36.4 Å². The molecule has 7 heteroatoms. The molecule has 0 saturated heterocycles. The highest BCUT2D eigenvalue weighted by Crippen LogP contribution is 2.22. The van der Waals surface area contributed by atoms with Crippen LogP contribution in [0, 0.1) is 0 Å². The van der Waals surface area contributed by atoms with Crippen LogP contribution < -0.4 is 4.90 Å². The number of hydrogen-bond acceptors (Lipinski definition) is 5. The van der Waals surface area contributed by atoms with E-state index in [0.717, 1.165) is 4.90 Å². The fourth-order valence-corrected chi connectivity index (χ4v) is 1.70. The average Bonchev–Trinajstić information content (AvgIpc) is 2.59. The summed E-state index contributed by atoms with van der Waals surface area (Å²) in [6, 6.07) is 5.72. The first-order valence-electron chi connectivity index (χ1n) is 4.55.